The molecular formula is C16H13ClN2O3S2. The maximum atomic E-state index is 11.9. The molecule has 2 rings (SSSR count). The minimum Gasteiger partial charge on any atom is -0.478 e. The van der Waals surface area contributed by atoms with E-state index in [4.69, 9.17) is 28.9 Å². The van der Waals surface area contributed by atoms with Gasteiger partial charge in [0.1, 0.15) is 0 Å². The number of para-hydroxylation sites is 1. The lowest BCUT2D eigenvalue weighted by Gasteiger charge is -2.11. The number of nitrogens with one attached hydrogen (secondary N) is 2. The Morgan fingerprint density at radius 3 is 2.46 bits per heavy atom. The molecule has 0 saturated heterocycles. The van der Waals surface area contributed by atoms with E-state index in [1.165, 1.54) is 17.8 Å². The number of aromatic carboxylic acids is 1. The molecule has 24 heavy (non-hydrogen) atoms. The summed E-state index contributed by atoms with van der Waals surface area (Å²) in [6.07, 6.45) is 0. The van der Waals surface area contributed by atoms with Crippen molar-refractivity contribution < 1.29 is 14.7 Å². The van der Waals surface area contributed by atoms with Crippen molar-refractivity contribution in [2.75, 3.05) is 11.1 Å². The molecule has 0 aromatic heterocycles. The minimum absolute atomic E-state index is 0.0467. The first kappa shape index (κ1) is 18.3. The van der Waals surface area contributed by atoms with Gasteiger partial charge in [0.2, 0.25) is 5.91 Å². The average molecular weight is 381 g/mol. The molecule has 0 radical (unpaired) electrons. The zero-order chi connectivity index (χ0) is 17.5. The maximum Gasteiger partial charge on any atom is 0.337 e. The van der Waals surface area contributed by atoms with Crippen LogP contribution in [-0.4, -0.2) is 27.8 Å². The summed E-state index contributed by atoms with van der Waals surface area (Å²) in [5.41, 5.74) is 0.394. The molecule has 0 spiro atoms. The van der Waals surface area contributed by atoms with Gasteiger partial charge in [0.25, 0.3) is 0 Å². The highest BCUT2D eigenvalue weighted by Crippen LogP contribution is 2.20. The molecule has 0 aliphatic carbocycles. The van der Waals surface area contributed by atoms with Gasteiger partial charge in [-0.2, -0.15) is 0 Å². The fourth-order valence-corrected chi connectivity index (χ4v) is 2.82. The van der Waals surface area contributed by atoms with Crippen LogP contribution in [0.4, 0.5) is 5.69 Å². The second-order valence-electron chi connectivity index (χ2n) is 4.60. The van der Waals surface area contributed by atoms with Crippen LogP contribution in [0.3, 0.4) is 0 Å². The van der Waals surface area contributed by atoms with Crippen molar-refractivity contribution in [1.29, 1.82) is 0 Å². The fourth-order valence-electron chi connectivity index (χ4n) is 1.77. The van der Waals surface area contributed by atoms with Crippen molar-refractivity contribution in [3.8, 4) is 0 Å². The van der Waals surface area contributed by atoms with Gasteiger partial charge in [-0.25, -0.2) is 4.79 Å². The Balaban J connectivity index is 1.87. The monoisotopic (exact) mass is 380 g/mol. The van der Waals surface area contributed by atoms with Gasteiger partial charge in [-0.05, 0) is 48.6 Å². The predicted octanol–water partition coefficient (Wildman–Crippen LogP) is 3.64. The standard InChI is InChI=1S/C16H13ClN2O3S2/c17-10-5-7-11(8-6-10)24-9-14(20)19-16(23)18-13-4-2-1-3-12(13)15(21)22/h1-8H,9H2,(H,21,22)(H2,18,19,20,23). The lowest BCUT2D eigenvalue weighted by atomic mass is 10.2. The number of carbonyl (C=O) groups is 2. The summed E-state index contributed by atoms with van der Waals surface area (Å²) < 4.78 is 0. The first-order valence-electron chi connectivity index (χ1n) is 6.77. The summed E-state index contributed by atoms with van der Waals surface area (Å²) in [6, 6.07) is 13.4. The van der Waals surface area contributed by atoms with Crippen LogP contribution in [0, 0.1) is 0 Å². The van der Waals surface area contributed by atoms with Crippen LogP contribution in [-0.2, 0) is 4.79 Å². The van der Waals surface area contributed by atoms with Crippen LogP contribution >= 0.6 is 35.6 Å². The Kier molecular flexibility index (Phi) is 6.60. The number of hydrogen-bond donors (Lipinski definition) is 3. The third-order valence-corrected chi connectivity index (χ3v) is 4.31. The van der Waals surface area contributed by atoms with Gasteiger partial charge in [0.15, 0.2) is 5.11 Å². The van der Waals surface area contributed by atoms with E-state index in [1.54, 1.807) is 30.3 Å². The lowest BCUT2D eigenvalue weighted by molar-refractivity contribution is -0.117. The van der Waals surface area contributed by atoms with Crippen LogP contribution < -0.4 is 10.6 Å². The summed E-state index contributed by atoms with van der Waals surface area (Å²) in [6.45, 7) is 0. The second kappa shape index (κ2) is 8.68. The van der Waals surface area contributed by atoms with Gasteiger partial charge in [0, 0.05) is 9.92 Å². The molecule has 5 nitrogen and oxygen atoms in total. The van der Waals surface area contributed by atoms with E-state index in [2.05, 4.69) is 10.6 Å². The molecule has 0 aliphatic heterocycles. The third kappa shape index (κ3) is 5.52. The molecule has 124 valence electrons. The Labute approximate surface area is 153 Å². The van der Waals surface area contributed by atoms with Gasteiger partial charge in [-0.1, -0.05) is 23.7 Å². The van der Waals surface area contributed by atoms with Gasteiger partial charge in [0.05, 0.1) is 17.0 Å². The smallest absolute Gasteiger partial charge is 0.337 e. The SMILES string of the molecule is O=C(CSc1ccc(Cl)cc1)NC(=S)Nc1ccccc1C(=O)O. The maximum absolute atomic E-state index is 11.9. The van der Waals surface area contributed by atoms with E-state index in [9.17, 15) is 9.59 Å². The van der Waals surface area contributed by atoms with Gasteiger partial charge >= 0.3 is 5.97 Å². The number of rotatable bonds is 5. The van der Waals surface area contributed by atoms with Gasteiger partial charge < -0.3 is 15.7 Å². The first-order valence-corrected chi connectivity index (χ1v) is 8.54. The largest absolute Gasteiger partial charge is 0.478 e. The van der Waals surface area contributed by atoms with Crippen LogP contribution in [0.1, 0.15) is 10.4 Å². The van der Waals surface area contributed by atoms with Crippen molar-refractivity contribution in [3.63, 3.8) is 0 Å². The number of anilines is 1. The van der Waals surface area contributed by atoms with Crippen molar-refractivity contribution >= 4 is 58.3 Å². The van der Waals surface area contributed by atoms with Crippen LogP contribution in [0.25, 0.3) is 0 Å². The predicted molar refractivity (Wildman–Crippen MR) is 99.9 cm³/mol. The molecule has 3 N–H and O–H groups in total. The normalized spacial score (nSPS) is 10.0. The van der Waals surface area contributed by atoms with Gasteiger partial charge in [-0.15, -0.1) is 11.8 Å². The number of thiocarbonyl (C=S) groups is 1. The molecule has 0 aliphatic rings. The summed E-state index contributed by atoms with van der Waals surface area (Å²) in [5.74, 6) is -1.20. The van der Waals surface area contributed by atoms with E-state index in [0.717, 1.165) is 4.90 Å². The van der Waals surface area contributed by atoms with Crippen molar-refractivity contribution in [1.82, 2.24) is 5.32 Å². The van der Waals surface area contributed by atoms with Crippen LogP contribution in [0.5, 0.6) is 0 Å². The Hall–Kier alpha value is -2.09. The quantitative estimate of drug-likeness (QED) is 0.543. The highest BCUT2D eigenvalue weighted by Gasteiger charge is 2.11. The number of amides is 1. The molecule has 0 heterocycles. The average Bonchev–Trinajstić information content (AvgIpc) is 2.54. The van der Waals surface area contributed by atoms with Crippen molar-refractivity contribution in [2.24, 2.45) is 0 Å². The van der Waals surface area contributed by atoms with E-state index >= 15 is 0 Å². The number of halogens is 1. The summed E-state index contributed by atoms with van der Waals surface area (Å²) in [5, 5.41) is 15.0. The molecule has 2 aromatic carbocycles. The Bertz CT molecular complexity index is 766. The number of thioether (sulfide) groups is 1. The molecule has 0 unspecified atom stereocenters. The topological polar surface area (TPSA) is 78.4 Å². The number of hydrogen-bond acceptors (Lipinski definition) is 4. The fraction of sp³-hybridized carbons (Fsp3) is 0.0625. The van der Waals surface area contributed by atoms with Crippen molar-refractivity contribution in [3.05, 3.63) is 59.1 Å². The zero-order valence-corrected chi connectivity index (χ0v) is 14.7. The second-order valence-corrected chi connectivity index (χ2v) is 6.49. The molecule has 0 fully saturated rings. The molecule has 0 saturated carbocycles. The number of carbonyl (C=O) groups excluding carboxylic acids is 1. The third-order valence-electron chi connectivity index (χ3n) is 2.84. The summed E-state index contributed by atoms with van der Waals surface area (Å²) in [7, 11) is 0. The Morgan fingerprint density at radius 2 is 1.79 bits per heavy atom. The number of benzene rings is 2. The molecule has 1 amide bonds. The zero-order valence-electron chi connectivity index (χ0n) is 12.3. The van der Waals surface area contributed by atoms with E-state index in [-0.39, 0.29) is 22.3 Å². The van der Waals surface area contributed by atoms with Crippen molar-refractivity contribution in [2.45, 2.75) is 4.90 Å². The molecule has 0 bridgehead atoms. The molecule has 2 aromatic rings. The number of carboxylic acids is 1. The molecular weight excluding hydrogens is 368 g/mol. The highest BCUT2D eigenvalue weighted by molar-refractivity contribution is 8.00. The van der Waals surface area contributed by atoms with Crippen LogP contribution in [0.2, 0.25) is 5.02 Å². The lowest BCUT2D eigenvalue weighted by Crippen LogP contribution is -2.35. The van der Waals surface area contributed by atoms with E-state index < -0.39 is 5.97 Å². The Morgan fingerprint density at radius 1 is 1.12 bits per heavy atom. The molecule has 8 heteroatoms. The van der Waals surface area contributed by atoms with Gasteiger partial charge in [-0.3, -0.25) is 4.79 Å². The van der Waals surface area contributed by atoms with Crippen LogP contribution in [0.15, 0.2) is 53.4 Å². The molecule has 0 atom stereocenters. The summed E-state index contributed by atoms with van der Waals surface area (Å²) in [4.78, 5) is 23.9. The number of carboxylic acid groups (broad SMARTS) is 1. The summed E-state index contributed by atoms with van der Waals surface area (Å²) >= 11 is 12.2. The first-order chi connectivity index (χ1) is 11.5. The van der Waals surface area contributed by atoms with E-state index in [1.807, 2.05) is 12.1 Å². The van der Waals surface area contributed by atoms with E-state index in [0.29, 0.717) is 10.7 Å². The minimum atomic E-state index is -1.08. The highest BCUT2D eigenvalue weighted by atomic mass is 35.5.